The van der Waals surface area contributed by atoms with E-state index in [0.717, 1.165) is 12.6 Å². The number of alkyl halides is 3. The first-order valence-electron chi connectivity index (χ1n) is 13.7. The molecule has 2 amide bonds. The average Bonchev–Trinajstić information content (AvgIpc) is 2.93. The van der Waals surface area contributed by atoms with Crippen molar-refractivity contribution in [1.82, 2.24) is 20.4 Å². The van der Waals surface area contributed by atoms with Gasteiger partial charge in [-0.3, -0.25) is 19.4 Å². The summed E-state index contributed by atoms with van der Waals surface area (Å²) in [4.78, 5) is 30.9. The smallest absolute Gasteiger partial charge is 0.367 e. The van der Waals surface area contributed by atoms with E-state index in [-0.39, 0.29) is 37.1 Å². The molecule has 4 rings (SSSR count). The molecule has 0 aliphatic carbocycles. The predicted molar refractivity (Wildman–Crippen MR) is 151 cm³/mol. The first kappa shape index (κ1) is 31.9. The van der Waals surface area contributed by atoms with Crippen LogP contribution in [0.2, 0.25) is 5.02 Å². The van der Waals surface area contributed by atoms with Crippen LogP contribution in [0.3, 0.4) is 0 Å². The number of halogens is 6. The third kappa shape index (κ3) is 8.76. The second-order valence-electron chi connectivity index (χ2n) is 10.6. The summed E-state index contributed by atoms with van der Waals surface area (Å²) in [5.74, 6) is -3.78. The van der Waals surface area contributed by atoms with Crippen LogP contribution in [0.1, 0.15) is 29.3 Å². The van der Waals surface area contributed by atoms with Crippen LogP contribution >= 0.6 is 11.6 Å². The molecule has 0 saturated carbocycles. The van der Waals surface area contributed by atoms with E-state index in [4.69, 9.17) is 11.6 Å². The predicted octanol–water partition coefficient (Wildman–Crippen LogP) is 3.85. The number of hydrogen-bond donors (Lipinski definition) is 3. The zero-order valence-corrected chi connectivity index (χ0v) is 23.9. The highest BCUT2D eigenvalue weighted by atomic mass is 35.5. The number of benzene rings is 2. The molecule has 2 aromatic carbocycles. The van der Waals surface area contributed by atoms with Crippen LogP contribution < -0.4 is 20.9 Å². The van der Waals surface area contributed by atoms with E-state index in [0.29, 0.717) is 55.7 Å². The monoisotopic (exact) mass is 616 g/mol. The van der Waals surface area contributed by atoms with Gasteiger partial charge in [-0.25, -0.2) is 8.78 Å². The molecule has 2 aliphatic rings. The maximum atomic E-state index is 15.0. The first-order valence-corrected chi connectivity index (χ1v) is 14.1. The number of nitrogens with one attached hydrogen (secondary N) is 3. The number of anilines is 2. The van der Waals surface area contributed by atoms with Gasteiger partial charge in [-0.1, -0.05) is 17.7 Å². The molecule has 1 unspecified atom stereocenters. The minimum atomic E-state index is -4.23. The highest BCUT2D eigenvalue weighted by Crippen LogP contribution is 2.31. The molecule has 2 fully saturated rings. The lowest BCUT2D eigenvalue weighted by atomic mass is 10.1. The highest BCUT2D eigenvalue weighted by Gasteiger charge is 2.29. The van der Waals surface area contributed by atoms with Gasteiger partial charge in [0.2, 0.25) is 5.91 Å². The Hall–Kier alpha value is -3.00. The molecule has 230 valence electrons. The second-order valence-corrected chi connectivity index (χ2v) is 11.0. The fourth-order valence-corrected chi connectivity index (χ4v) is 5.24. The summed E-state index contributed by atoms with van der Waals surface area (Å²) in [5, 5.41) is 8.86. The van der Waals surface area contributed by atoms with Crippen LogP contribution in [-0.4, -0.2) is 92.7 Å². The van der Waals surface area contributed by atoms with E-state index >= 15 is 0 Å². The molecule has 0 radical (unpaired) electrons. The molecule has 42 heavy (non-hydrogen) atoms. The van der Waals surface area contributed by atoms with E-state index < -0.39 is 35.7 Å². The van der Waals surface area contributed by atoms with Crippen molar-refractivity contribution in [2.24, 2.45) is 0 Å². The lowest BCUT2D eigenvalue weighted by Gasteiger charge is -2.37. The molecule has 2 saturated heterocycles. The SMILES string of the molecule is CC1CN(CC(=O)NCc2ccc(C(=O)Nc3ccc(Cl)cc3N3CCN(CCC(F)(F)F)CC3)c(F)c2F)CCN1. The molecule has 1 atom stereocenters. The maximum Gasteiger partial charge on any atom is 0.390 e. The Morgan fingerprint density at radius 1 is 1.02 bits per heavy atom. The number of amides is 2. The summed E-state index contributed by atoms with van der Waals surface area (Å²) in [5.41, 5.74) is 0.203. The Morgan fingerprint density at radius 3 is 2.45 bits per heavy atom. The van der Waals surface area contributed by atoms with Crippen molar-refractivity contribution in [3.05, 3.63) is 58.1 Å². The quantitative estimate of drug-likeness (QED) is 0.372. The molecule has 14 heteroatoms. The maximum absolute atomic E-state index is 15.0. The summed E-state index contributed by atoms with van der Waals surface area (Å²) < 4.78 is 67.6. The van der Waals surface area contributed by atoms with Crippen LogP contribution in [0.15, 0.2) is 30.3 Å². The van der Waals surface area contributed by atoms with E-state index in [2.05, 4.69) is 16.0 Å². The van der Waals surface area contributed by atoms with Gasteiger partial charge in [0, 0.05) is 75.5 Å². The van der Waals surface area contributed by atoms with Crippen molar-refractivity contribution in [3.63, 3.8) is 0 Å². The summed E-state index contributed by atoms with van der Waals surface area (Å²) in [6.45, 7) is 5.52. The van der Waals surface area contributed by atoms with Crippen LogP contribution in [-0.2, 0) is 11.3 Å². The number of carbonyl (C=O) groups is 2. The number of carbonyl (C=O) groups excluding carboxylic acids is 2. The fraction of sp³-hybridized carbons (Fsp3) is 0.500. The normalized spacial score (nSPS) is 18.6. The van der Waals surface area contributed by atoms with Crippen molar-refractivity contribution >= 4 is 34.8 Å². The Balaban J connectivity index is 1.37. The van der Waals surface area contributed by atoms with Crippen LogP contribution in [0.25, 0.3) is 0 Å². The lowest BCUT2D eigenvalue weighted by molar-refractivity contribution is -0.138. The van der Waals surface area contributed by atoms with Gasteiger partial charge in [0.15, 0.2) is 11.6 Å². The van der Waals surface area contributed by atoms with Gasteiger partial charge in [-0.15, -0.1) is 0 Å². The Labute approximate surface area is 246 Å². The van der Waals surface area contributed by atoms with Crippen LogP contribution in [0.4, 0.5) is 33.3 Å². The molecule has 0 bridgehead atoms. The van der Waals surface area contributed by atoms with Crippen molar-refractivity contribution in [3.8, 4) is 0 Å². The third-order valence-electron chi connectivity index (χ3n) is 7.34. The lowest BCUT2D eigenvalue weighted by Crippen LogP contribution is -2.51. The molecule has 0 spiro atoms. The van der Waals surface area contributed by atoms with Gasteiger partial charge in [-0.05, 0) is 31.2 Å². The van der Waals surface area contributed by atoms with Gasteiger partial charge in [-0.2, -0.15) is 13.2 Å². The number of rotatable bonds is 9. The van der Waals surface area contributed by atoms with Crippen LogP contribution in [0, 0.1) is 11.6 Å². The minimum absolute atomic E-state index is 0.0957. The van der Waals surface area contributed by atoms with E-state index in [1.165, 1.54) is 18.2 Å². The van der Waals surface area contributed by atoms with Crippen molar-refractivity contribution in [2.45, 2.75) is 32.1 Å². The topological polar surface area (TPSA) is 80.0 Å². The van der Waals surface area contributed by atoms with Crippen LogP contribution in [0.5, 0.6) is 0 Å². The van der Waals surface area contributed by atoms with Crippen molar-refractivity contribution in [1.29, 1.82) is 0 Å². The Kier molecular flexibility index (Phi) is 10.6. The summed E-state index contributed by atoms with van der Waals surface area (Å²) in [7, 11) is 0. The van der Waals surface area contributed by atoms with Crippen molar-refractivity contribution in [2.75, 3.05) is 69.1 Å². The van der Waals surface area contributed by atoms with E-state index in [9.17, 15) is 31.5 Å². The molecular formula is C28H34ClF5N6O2. The number of piperazine rings is 2. The molecular weight excluding hydrogens is 583 g/mol. The minimum Gasteiger partial charge on any atom is -0.367 e. The van der Waals surface area contributed by atoms with Gasteiger partial charge in [0.25, 0.3) is 5.91 Å². The van der Waals surface area contributed by atoms with E-state index in [1.807, 2.05) is 16.7 Å². The molecule has 2 aromatic rings. The Bertz CT molecular complexity index is 1270. The zero-order valence-electron chi connectivity index (χ0n) is 23.2. The first-order chi connectivity index (χ1) is 19.9. The molecule has 2 heterocycles. The summed E-state index contributed by atoms with van der Waals surface area (Å²) >= 11 is 6.17. The second kappa shape index (κ2) is 14.0. The van der Waals surface area contributed by atoms with Gasteiger partial charge in [0.1, 0.15) is 0 Å². The van der Waals surface area contributed by atoms with Crippen molar-refractivity contribution < 1.29 is 31.5 Å². The molecule has 0 aromatic heterocycles. The number of hydrogen-bond acceptors (Lipinski definition) is 6. The van der Waals surface area contributed by atoms with Gasteiger partial charge in [0.05, 0.1) is 29.9 Å². The zero-order chi connectivity index (χ0) is 30.4. The fourth-order valence-electron chi connectivity index (χ4n) is 5.07. The van der Waals surface area contributed by atoms with Gasteiger partial charge < -0.3 is 20.9 Å². The van der Waals surface area contributed by atoms with Gasteiger partial charge >= 0.3 is 6.18 Å². The summed E-state index contributed by atoms with van der Waals surface area (Å²) in [6.07, 6.45) is -5.12. The molecule has 3 N–H and O–H groups in total. The Morgan fingerprint density at radius 2 is 1.76 bits per heavy atom. The standard InChI is InChI=1S/C28H34ClF5N6O2/c1-18-16-39(9-7-35-18)17-24(41)36-15-19-2-4-21(26(31)25(19)30)27(42)37-22-5-3-20(29)14-23(22)40-12-10-38(11-13-40)8-6-28(32,33)34/h2-5,14,18,35H,6-13,15-17H2,1H3,(H,36,41)(H,37,42). The third-order valence-corrected chi connectivity index (χ3v) is 7.57. The highest BCUT2D eigenvalue weighted by molar-refractivity contribution is 6.31. The molecule has 2 aliphatic heterocycles. The molecule has 8 nitrogen and oxygen atoms in total. The largest absolute Gasteiger partial charge is 0.390 e. The van der Waals surface area contributed by atoms with E-state index in [1.54, 1.807) is 11.0 Å². The number of nitrogens with zero attached hydrogens (tertiary/aromatic N) is 3. The average molecular weight is 617 g/mol. The summed E-state index contributed by atoms with van der Waals surface area (Å²) in [6, 6.07) is 7.33.